The molecule has 0 bridgehead atoms. The van der Waals surface area contributed by atoms with Gasteiger partial charge in [0.25, 0.3) is 0 Å². The van der Waals surface area contributed by atoms with E-state index in [0.717, 1.165) is 0 Å². The molecule has 1 aromatic rings. The molecule has 0 saturated heterocycles. The van der Waals surface area contributed by atoms with Crippen LogP contribution >= 0.6 is 0 Å². The minimum absolute atomic E-state index is 1.27. The van der Waals surface area contributed by atoms with E-state index in [-0.39, 0.29) is 0 Å². The van der Waals surface area contributed by atoms with E-state index in [2.05, 4.69) is 39.0 Å². The van der Waals surface area contributed by atoms with Gasteiger partial charge in [-0.05, 0) is 43.4 Å². The Morgan fingerprint density at radius 3 is 1.54 bits per heavy atom. The molecule has 0 aromatic heterocycles. The molecule has 0 saturated carbocycles. The number of aryl methyl sites for hydroxylation is 2. The highest BCUT2D eigenvalue weighted by Gasteiger charge is 2.00. The Morgan fingerprint density at radius 2 is 1.04 bits per heavy atom. The lowest BCUT2D eigenvalue weighted by molar-refractivity contribution is 0.535. The molecule has 1 rings (SSSR count). The number of hydrogen-bond acceptors (Lipinski definition) is 0. The van der Waals surface area contributed by atoms with Crippen molar-refractivity contribution in [1.82, 2.24) is 0 Å². The summed E-state index contributed by atoms with van der Waals surface area (Å²) in [5.41, 5.74) is 4.51. The van der Waals surface area contributed by atoms with Crippen LogP contribution in [0.3, 0.4) is 0 Å². The van der Waals surface area contributed by atoms with Crippen molar-refractivity contribution in [3.05, 3.63) is 34.9 Å². The first-order valence-corrected chi connectivity index (χ1v) is 10.8. The van der Waals surface area contributed by atoms with E-state index in [9.17, 15) is 0 Å². The van der Waals surface area contributed by atoms with Crippen molar-refractivity contribution in [1.29, 1.82) is 0 Å². The van der Waals surface area contributed by atoms with E-state index in [0.29, 0.717) is 0 Å². The molecule has 24 heavy (non-hydrogen) atoms. The molecule has 138 valence electrons. The summed E-state index contributed by atoms with van der Waals surface area (Å²) >= 11 is 0. The summed E-state index contributed by atoms with van der Waals surface area (Å²) < 4.78 is 0. The minimum atomic E-state index is 1.27. The van der Waals surface area contributed by atoms with Crippen molar-refractivity contribution in [2.24, 2.45) is 0 Å². The first kappa shape index (κ1) is 21.3. The first-order chi connectivity index (χ1) is 11.8. The first-order valence-electron chi connectivity index (χ1n) is 10.8. The second-order valence-electron chi connectivity index (χ2n) is 7.71. The number of hydrogen-bond donors (Lipinski definition) is 0. The molecule has 0 atom stereocenters. The number of unbranched alkanes of at least 4 members (excludes halogenated alkanes) is 13. The number of rotatable bonds is 15. The van der Waals surface area contributed by atoms with Crippen LogP contribution in [0.5, 0.6) is 0 Å². The Balaban J connectivity index is 1.85. The second-order valence-corrected chi connectivity index (χ2v) is 7.71. The molecule has 1 aromatic carbocycles. The summed E-state index contributed by atoms with van der Waals surface area (Å²) in [6.45, 7) is 6.79. The lowest BCUT2D eigenvalue weighted by atomic mass is 9.98. The summed E-state index contributed by atoms with van der Waals surface area (Å²) in [6.07, 6.45) is 21.4. The van der Waals surface area contributed by atoms with Crippen molar-refractivity contribution in [2.45, 2.75) is 117 Å². The van der Waals surface area contributed by atoms with Gasteiger partial charge in [-0.1, -0.05) is 109 Å². The summed E-state index contributed by atoms with van der Waals surface area (Å²) in [5.74, 6) is 0. The van der Waals surface area contributed by atoms with Gasteiger partial charge >= 0.3 is 0 Å². The van der Waals surface area contributed by atoms with Gasteiger partial charge in [-0.15, -0.1) is 0 Å². The highest BCUT2D eigenvalue weighted by atomic mass is 14.1. The molecule has 0 amide bonds. The highest BCUT2D eigenvalue weighted by molar-refractivity contribution is 5.33. The van der Waals surface area contributed by atoms with Gasteiger partial charge in [0.1, 0.15) is 0 Å². The van der Waals surface area contributed by atoms with Crippen LogP contribution in [0, 0.1) is 13.8 Å². The van der Waals surface area contributed by atoms with Gasteiger partial charge in [-0.3, -0.25) is 0 Å². The molecule has 0 aliphatic carbocycles. The van der Waals surface area contributed by atoms with Crippen molar-refractivity contribution < 1.29 is 0 Å². The predicted molar refractivity (Wildman–Crippen MR) is 110 cm³/mol. The Bertz CT molecular complexity index is 404. The van der Waals surface area contributed by atoms with Crippen molar-refractivity contribution in [3.63, 3.8) is 0 Å². The topological polar surface area (TPSA) is 0 Å². The zero-order chi connectivity index (χ0) is 17.5. The molecular weight excluding hydrogens is 288 g/mol. The van der Waals surface area contributed by atoms with E-state index in [4.69, 9.17) is 0 Å². The molecular formula is C24H42. The SMILES string of the molecule is CCCCCCCCCCCCCCCCc1cccc(C)c1C. The molecule has 0 fully saturated rings. The third kappa shape index (κ3) is 10.2. The van der Waals surface area contributed by atoms with Gasteiger partial charge in [-0.25, -0.2) is 0 Å². The maximum absolute atomic E-state index is 2.31. The van der Waals surface area contributed by atoms with Crippen LogP contribution in [-0.2, 0) is 6.42 Å². The normalized spacial score (nSPS) is 11.1. The molecule has 0 radical (unpaired) electrons. The molecule has 0 spiro atoms. The lowest BCUT2D eigenvalue weighted by Gasteiger charge is -2.08. The van der Waals surface area contributed by atoms with Gasteiger partial charge in [0.15, 0.2) is 0 Å². The van der Waals surface area contributed by atoms with Crippen molar-refractivity contribution in [2.75, 3.05) is 0 Å². The zero-order valence-electron chi connectivity index (χ0n) is 16.8. The third-order valence-electron chi connectivity index (χ3n) is 5.52. The van der Waals surface area contributed by atoms with Crippen molar-refractivity contribution in [3.8, 4) is 0 Å². The third-order valence-corrected chi connectivity index (χ3v) is 5.52. The average molecular weight is 331 g/mol. The van der Waals surface area contributed by atoms with Gasteiger partial charge in [0.2, 0.25) is 0 Å². The van der Waals surface area contributed by atoms with Crippen LogP contribution in [-0.4, -0.2) is 0 Å². The van der Waals surface area contributed by atoms with Gasteiger partial charge in [0.05, 0.1) is 0 Å². The fourth-order valence-corrected chi connectivity index (χ4v) is 3.59. The van der Waals surface area contributed by atoms with Crippen LogP contribution in [0.1, 0.15) is 114 Å². The van der Waals surface area contributed by atoms with Crippen LogP contribution < -0.4 is 0 Å². The highest BCUT2D eigenvalue weighted by Crippen LogP contribution is 2.17. The Morgan fingerprint density at radius 1 is 0.583 bits per heavy atom. The minimum Gasteiger partial charge on any atom is -0.0654 e. The molecule has 0 heterocycles. The zero-order valence-corrected chi connectivity index (χ0v) is 16.8. The van der Waals surface area contributed by atoms with E-state index in [1.54, 1.807) is 5.56 Å². The summed E-state index contributed by atoms with van der Waals surface area (Å²) in [6, 6.07) is 6.75. The van der Waals surface area contributed by atoms with Crippen LogP contribution in [0.2, 0.25) is 0 Å². The Kier molecular flexibility index (Phi) is 12.9. The fraction of sp³-hybridized carbons (Fsp3) is 0.750. The molecule has 0 aliphatic rings. The Hall–Kier alpha value is -0.780. The maximum Gasteiger partial charge on any atom is -0.0276 e. The van der Waals surface area contributed by atoms with E-state index in [1.165, 1.54) is 107 Å². The quantitative estimate of drug-likeness (QED) is 0.283. The Labute approximate surface area is 152 Å². The average Bonchev–Trinajstić information content (AvgIpc) is 2.58. The maximum atomic E-state index is 2.31. The van der Waals surface area contributed by atoms with Gasteiger partial charge < -0.3 is 0 Å². The molecule has 0 heteroatoms. The van der Waals surface area contributed by atoms with Crippen LogP contribution in [0.25, 0.3) is 0 Å². The second kappa shape index (κ2) is 14.6. The van der Waals surface area contributed by atoms with Crippen molar-refractivity contribution >= 4 is 0 Å². The van der Waals surface area contributed by atoms with Gasteiger partial charge in [0, 0.05) is 0 Å². The van der Waals surface area contributed by atoms with E-state index in [1.807, 2.05) is 0 Å². The molecule has 0 nitrogen and oxygen atoms in total. The summed E-state index contributed by atoms with van der Waals surface area (Å²) in [4.78, 5) is 0. The van der Waals surface area contributed by atoms with Crippen LogP contribution in [0.4, 0.5) is 0 Å². The van der Waals surface area contributed by atoms with E-state index >= 15 is 0 Å². The van der Waals surface area contributed by atoms with Gasteiger partial charge in [-0.2, -0.15) is 0 Å². The summed E-state index contributed by atoms with van der Waals surface area (Å²) in [5, 5.41) is 0. The summed E-state index contributed by atoms with van der Waals surface area (Å²) in [7, 11) is 0. The lowest BCUT2D eigenvalue weighted by Crippen LogP contribution is -1.92. The molecule has 0 aliphatic heterocycles. The fourth-order valence-electron chi connectivity index (χ4n) is 3.59. The molecule has 0 N–H and O–H groups in total. The largest absolute Gasteiger partial charge is 0.0654 e. The standard InChI is InChI=1S/C24H42/c1-4-5-6-7-8-9-10-11-12-13-14-15-16-17-20-24-21-18-19-22(2)23(24)3/h18-19,21H,4-17,20H2,1-3H3. The predicted octanol–water partition coefficient (Wildman–Crippen LogP) is 8.33. The van der Waals surface area contributed by atoms with Crippen LogP contribution in [0.15, 0.2) is 18.2 Å². The van der Waals surface area contributed by atoms with E-state index < -0.39 is 0 Å². The molecule has 0 unspecified atom stereocenters. The monoisotopic (exact) mass is 330 g/mol. The smallest absolute Gasteiger partial charge is 0.0276 e. The number of benzene rings is 1.